The quantitative estimate of drug-likeness (QED) is 0.673. The molecule has 0 radical (unpaired) electrons. The normalized spacial score (nSPS) is 10.7. The van der Waals surface area contributed by atoms with Crippen LogP contribution in [0.4, 0.5) is 0 Å². The summed E-state index contributed by atoms with van der Waals surface area (Å²) in [6.07, 6.45) is 0.425. The molecule has 0 aliphatic rings. The fourth-order valence-corrected chi connectivity index (χ4v) is 1.72. The Morgan fingerprint density at radius 3 is 2.84 bits per heavy atom. The van der Waals surface area contributed by atoms with Gasteiger partial charge in [-0.1, -0.05) is 25.4 Å². The lowest BCUT2D eigenvalue weighted by Crippen LogP contribution is -2.30. The number of benzene rings is 1. The molecule has 1 rings (SSSR count). The van der Waals surface area contributed by atoms with Gasteiger partial charge in [0.2, 0.25) is 5.91 Å². The number of hydrogen-bond acceptors (Lipinski definition) is 3. The molecule has 106 valence electrons. The molecule has 0 aliphatic carbocycles. The molecule has 0 spiro atoms. The number of phenolic OH excluding ortho intramolecular Hbond substituents is 1. The Morgan fingerprint density at radius 2 is 2.16 bits per heavy atom. The molecular formula is C14H21ClN2O2. The van der Waals surface area contributed by atoms with Gasteiger partial charge in [-0.15, -0.1) is 0 Å². The van der Waals surface area contributed by atoms with Gasteiger partial charge >= 0.3 is 0 Å². The van der Waals surface area contributed by atoms with Crippen molar-refractivity contribution in [1.82, 2.24) is 10.6 Å². The van der Waals surface area contributed by atoms with Crippen LogP contribution in [0.1, 0.15) is 25.8 Å². The number of nitrogens with one attached hydrogen (secondary N) is 2. The van der Waals surface area contributed by atoms with Crippen LogP contribution in [-0.2, 0) is 11.3 Å². The fraction of sp³-hybridized carbons (Fsp3) is 0.500. The molecule has 0 heterocycles. The number of amides is 1. The molecule has 4 nitrogen and oxygen atoms in total. The highest BCUT2D eigenvalue weighted by Crippen LogP contribution is 2.20. The molecule has 1 amide bonds. The van der Waals surface area contributed by atoms with Gasteiger partial charge in [0, 0.05) is 36.6 Å². The molecule has 0 saturated carbocycles. The SMILES string of the molecule is CC(C)CNC(=O)CCNCc1cc(Cl)ccc1O. The van der Waals surface area contributed by atoms with E-state index >= 15 is 0 Å². The van der Waals surface area contributed by atoms with Crippen molar-refractivity contribution in [1.29, 1.82) is 0 Å². The van der Waals surface area contributed by atoms with Crippen molar-refractivity contribution < 1.29 is 9.90 Å². The van der Waals surface area contributed by atoms with E-state index in [2.05, 4.69) is 24.5 Å². The van der Waals surface area contributed by atoms with Crippen LogP contribution in [0.15, 0.2) is 18.2 Å². The number of carbonyl (C=O) groups excluding carboxylic acids is 1. The highest BCUT2D eigenvalue weighted by molar-refractivity contribution is 6.30. The first kappa shape index (κ1) is 15.8. The molecular weight excluding hydrogens is 264 g/mol. The third-order valence-corrected chi connectivity index (χ3v) is 2.83. The lowest BCUT2D eigenvalue weighted by Gasteiger charge is -2.09. The fourth-order valence-electron chi connectivity index (χ4n) is 1.53. The van der Waals surface area contributed by atoms with E-state index in [1.807, 2.05) is 0 Å². The number of carbonyl (C=O) groups is 1. The van der Waals surface area contributed by atoms with Crippen LogP contribution in [0.3, 0.4) is 0 Å². The topological polar surface area (TPSA) is 61.4 Å². The van der Waals surface area contributed by atoms with Crippen molar-refractivity contribution in [3.63, 3.8) is 0 Å². The first-order chi connectivity index (χ1) is 8.99. The van der Waals surface area contributed by atoms with E-state index in [0.717, 1.165) is 5.56 Å². The minimum atomic E-state index is 0.0384. The summed E-state index contributed by atoms with van der Waals surface area (Å²) >= 11 is 5.85. The van der Waals surface area contributed by atoms with Gasteiger partial charge in [-0.25, -0.2) is 0 Å². The standard InChI is InChI=1S/C14H21ClN2O2/c1-10(2)8-17-14(19)5-6-16-9-11-7-12(15)3-4-13(11)18/h3-4,7,10,16,18H,5-6,8-9H2,1-2H3,(H,17,19). The highest BCUT2D eigenvalue weighted by atomic mass is 35.5. The van der Waals surface area contributed by atoms with Gasteiger partial charge in [-0.3, -0.25) is 4.79 Å². The monoisotopic (exact) mass is 284 g/mol. The summed E-state index contributed by atoms with van der Waals surface area (Å²) in [5, 5.41) is 16.2. The Labute approximate surface area is 119 Å². The number of halogens is 1. The van der Waals surface area contributed by atoms with Crippen LogP contribution in [0, 0.1) is 5.92 Å². The van der Waals surface area contributed by atoms with Gasteiger partial charge in [0.15, 0.2) is 0 Å². The van der Waals surface area contributed by atoms with Crippen molar-refractivity contribution >= 4 is 17.5 Å². The van der Waals surface area contributed by atoms with E-state index in [9.17, 15) is 9.90 Å². The second-order valence-corrected chi connectivity index (χ2v) is 5.33. The zero-order valence-corrected chi connectivity index (χ0v) is 12.1. The van der Waals surface area contributed by atoms with E-state index in [0.29, 0.717) is 37.0 Å². The second-order valence-electron chi connectivity index (χ2n) is 4.90. The Bertz CT molecular complexity index is 422. The molecule has 3 N–H and O–H groups in total. The Morgan fingerprint density at radius 1 is 1.42 bits per heavy atom. The van der Waals surface area contributed by atoms with Crippen LogP contribution < -0.4 is 10.6 Å². The van der Waals surface area contributed by atoms with Crippen LogP contribution >= 0.6 is 11.6 Å². The predicted molar refractivity (Wildman–Crippen MR) is 77.3 cm³/mol. The highest BCUT2D eigenvalue weighted by Gasteiger charge is 2.04. The summed E-state index contributed by atoms with van der Waals surface area (Å²) in [4.78, 5) is 11.5. The number of phenols is 1. The number of rotatable bonds is 7. The minimum absolute atomic E-state index is 0.0384. The van der Waals surface area contributed by atoms with Crippen molar-refractivity contribution in [2.45, 2.75) is 26.8 Å². The maximum atomic E-state index is 11.5. The van der Waals surface area contributed by atoms with Crippen LogP contribution in [0.5, 0.6) is 5.75 Å². The maximum Gasteiger partial charge on any atom is 0.221 e. The van der Waals surface area contributed by atoms with Gasteiger partial charge in [0.1, 0.15) is 5.75 Å². The predicted octanol–water partition coefficient (Wildman–Crippen LogP) is 2.30. The summed E-state index contributed by atoms with van der Waals surface area (Å²) < 4.78 is 0. The molecule has 0 atom stereocenters. The summed E-state index contributed by atoms with van der Waals surface area (Å²) in [5.41, 5.74) is 0.732. The summed E-state index contributed by atoms with van der Waals surface area (Å²) in [7, 11) is 0. The van der Waals surface area contributed by atoms with E-state index in [4.69, 9.17) is 11.6 Å². The zero-order valence-electron chi connectivity index (χ0n) is 11.4. The average molecular weight is 285 g/mol. The van der Waals surface area contributed by atoms with Crippen LogP contribution in [-0.4, -0.2) is 24.1 Å². The zero-order chi connectivity index (χ0) is 14.3. The van der Waals surface area contributed by atoms with E-state index in [-0.39, 0.29) is 11.7 Å². The van der Waals surface area contributed by atoms with Crippen molar-refractivity contribution in [3.8, 4) is 5.75 Å². The average Bonchev–Trinajstić information content (AvgIpc) is 2.36. The number of aromatic hydroxyl groups is 1. The van der Waals surface area contributed by atoms with Gasteiger partial charge < -0.3 is 15.7 Å². The molecule has 1 aromatic rings. The van der Waals surface area contributed by atoms with Crippen LogP contribution in [0.25, 0.3) is 0 Å². The van der Waals surface area contributed by atoms with Gasteiger partial charge in [-0.05, 0) is 24.1 Å². The van der Waals surface area contributed by atoms with E-state index in [1.54, 1.807) is 18.2 Å². The van der Waals surface area contributed by atoms with Crippen molar-refractivity contribution in [2.24, 2.45) is 5.92 Å². The minimum Gasteiger partial charge on any atom is -0.508 e. The molecule has 0 aromatic heterocycles. The first-order valence-corrected chi connectivity index (χ1v) is 6.81. The molecule has 0 fully saturated rings. The molecule has 0 unspecified atom stereocenters. The Balaban J connectivity index is 2.23. The Kier molecular flexibility index (Phi) is 6.67. The van der Waals surface area contributed by atoms with E-state index < -0.39 is 0 Å². The summed E-state index contributed by atoms with van der Waals surface area (Å²) in [6, 6.07) is 4.91. The van der Waals surface area contributed by atoms with Gasteiger partial charge in [0.05, 0.1) is 0 Å². The largest absolute Gasteiger partial charge is 0.508 e. The molecule has 0 saturated heterocycles. The smallest absolute Gasteiger partial charge is 0.221 e. The van der Waals surface area contributed by atoms with E-state index in [1.165, 1.54) is 0 Å². The summed E-state index contributed by atoms with van der Waals surface area (Å²) in [6.45, 7) is 5.87. The maximum absolute atomic E-state index is 11.5. The molecule has 0 bridgehead atoms. The molecule has 0 aliphatic heterocycles. The number of hydrogen-bond donors (Lipinski definition) is 3. The lowest BCUT2D eigenvalue weighted by molar-refractivity contribution is -0.121. The van der Waals surface area contributed by atoms with Crippen LogP contribution in [0.2, 0.25) is 5.02 Å². The van der Waals surface area contributed by atoms with Crippen molar-refractivity contribution in [3.05, 3.63) is 28.8 Å². The summed E-state index contributed by atoms with van der Waals surface area (Å²) in [5.74, 6) is 0.706. The second kappa shape index (κ2) is 8.02. The Hall–Kier alpha value is -1.26. The molecule has 5 heteroatoms. The first-order valence-electron chi connectivity index (χ1n) is 6.44. The third kappa shape index (κ3) is 6.45. The third-order valence-electron chi connectivity index (χ3n) is 2.59. The van der Waals surface area contributed by atoms with Crippen molar-refractivity contribution in [2.75, 3.05) is 13.1 Å². The lowest BCUT2D eigenvalue weighted by atomic mass is 10.2. The molecule has 1 aromatic carbocycles. The van der Waals surface area contributed by atoms with Gasteiger partial charge in [-0.2, -0.15) is 0 Å². The molecule has 19 heavy (non-hydrogen) atoms. The van der Waals surface area contributed by atoms with Gasteiger partial charge in [0.25, 0.3) is 0 Å².